The Morgan fingerprint density at radius 3 is 2.52 bits per heavy atom. The van der Waals surface area contributed by atoms with Crippen LogP contribution in [0.2, 0.25) is 0 Å². The second kappa shape index (κ2) is 9.58. The Kier molecular flexibility index (Phi) is 6.43. The van der Waals surface area contributed by atoms with Crippen molar-refractivity contribution in [2.75, 3.05) is 0 Å². The summed E-state index contributed by atoms with van der Waals surface area (Å²) in [6.07, 6.45) is 1.64. The number of hydrogen-bond donors (Lipinski definition) is 1. The number of aryl methyl sites for hydroxylation is 1. The molecule has 4 nitrogen and oxygen atoms in total. The molecule has 0 spiro atoms. The molecule has 5 heteroatoms. The van der Waals surface area contributed by atoms with Crippen molar-refractivity contribution in [3.05, 3.63) is 112 Å². The fraction of sp³-hybridized carbons (Fsp3) is 0.0769. The van der Waals surface area contributed by atoms with Crippen molar-refractivity contribution in [1.82, 2.24) is 5.43 Å². The van der Waals surface area contributed by atoms with Gasteiger partial charge in [-0.25, -0.2) is 5.43 Å². The normalized spacial score (nSPS) is 11.0. The van der Waals surface area contributed by atoms with E-state index in [1.165, 1.54) is 5.56 Å². The number of carbonyl (C=O) groups is 1. The third-order valence-electron chi connectivity index (χ3n) is 4.92. The van der Waals surface area contributed by atoms with Gasteiger partial charge in [0.25, 0.3) is 5.91 Å². The van der Waals surface area contributed by atoms with Gasteiger partial charge < -0.3 is 4.74 Å². The van der Waals surface area contributed by atoms with Crippen LogP contribution >= 0.6 is 15.9 Å². The highest BCUT2D eigenvalue weighted by Gasteiger charge is 2.10. The molecule has 0 fully saturated rings. The average Bonchev–Trinajstić information content (AvgIpc) is 2.79. The first kappa shape index (κ1) is 20.8. The lowest BCUT2D eigenvalue weighted by Gasteiger charge is -2.12. The Morgan fingerprint density at radius 2 is 1.71 bits per heavy atom. The molecule has 1 amide bonds. The Balaban J connectivity index is 1.59. The molecule has 154 valence electrons. The second-order valence-corrected chi connectivity index (χ2v) is 8.01. The average molecular weight is 473 g/mol. The number of amides is 1. The minimum absolute atomic E-state index is 0.286. The first-order valence-electron chi connectivity index (χ1n) is 9.90. The Labute approximate surface area is 189 Å². The summed E-state index contributed by atoms with van der Waals surface area (Å²) < 4.78 is 6.84. The van der Waals surface area contributed by atoms with Crippen LogP contribution in [0, 0.1) is 6.92 Å². The van der Waals surface area contributed by atoms with Gasteiger partial charge >= 0.3 is 0 Å². The molecule has 0 aliphatic carbocycles. The molecule has 0 saturated carbocycles. The second-order valence-electron chi connectivity index (χ2n) is 7.15. The molecule has 0 aliphatic rings. The molecule has 0 atom stereocenters. The van der Waals surface area contributed by atoms with Crippen LogP contribution in [-0.2, 0) is 6.61 Å². The van der Waals surface area contributed by atoms with Gasteiger partial charge in [-0.05, 0) is 57.4 Å². The number of ether oxygens (including phenoxy) is 1. The maximum Gasteiger partial charge on any atom is 0.272 e. The predicted octanol–water partition coefficient (Wildman–Crippen LogP) is 6.25. The maximum absolute atomic E-state index is 12.5. The molecule has 0 heterocycles. The highest BCUT2D eigenvalue weighted by molar-refractivity contribution is 9.10. The van der Waals surface area contributed by atoms with E-state index < -0.39 is 0 Å². The largest absolute Gasteiger partial charge is 0.488 e. The van der Waals surface area contributed by atoms with E-state index in [0.29, 0.717) is 17.9 Å². The molecule has 0 unspecified atom stereocenters. The summed E-state index contributed by atoms with van der Waals surface area (Å²) in [7, 11) is 0. The van der Waals surface area contributed by atoms with Crippen molar-refractivity contribution in [3.63, 3.8) is 0 Å². The van der Waals surface area contributed by atoms with Gasteiger partial charge in [-0.1, -0.05) is 72.3 Å². The lowest BCUT2D eigenvalue weighted by molar-refractivity contribution is 0.0954. The van der Waals surface area contributed by atoms with Crippen LogP contribution in [0.5, 0.6) is 5.75 Å². The summed E-state index contributed by atoms with van der Waals surface area (Å²) in [6, 6.07) is 27.5. The van der Waals surface area contributed by atoms with E-state index in [-0.39, 0.29) is 5.91 Å². The minimum Gasteiger partial charge on any atom is -0.488 e. The lowest BCUT2D eigenvalue weighted by atomic mass is 10.0. The van der Waals surface area contributed by atoms with Gasteiger partial charge in [0.1, 0.15) is 12.4 Å². The molecule has 0 saturated heterocycles. The monoisotopic (exact) mass is 472 g/mol. The first-order chi connectivity index (χ1) is 15.1. The number of nitrogens with one attached hydrogen (secondary N) is 1. The number of fused-ring (bicyclic) bond motifs is 1. The molecule has 1 N–H and O–H groups in total. The summed E-state index contributed by atoms with van der Waals surface area (Å²) >= 11 is 3.39. The fourth-order valence-electron chi connectivity index (χ4n) is 3.24. The summed E-state index contributed by atoms with van der Waals surface area (Å²) in [5.74, 6) is 0.421. The topological polar surface area (TPSA) is 50.7 Å². The zero-order valence-electron chi connectivity index (χ0n) is 17.0. The van der Waals surface area contributed by atoms with Crippen molar-refractivity contribution < 1.29 is 9.53 Å². The molecule has 0 radical (unpaired) electrons. The van der Waals surface area contributed by atoms with Gasteiger partial charge in [-0.2, -0.15) is 5.10 Å². The Hall–Kier alpha value is -3.44. The summed E-state index contributed by atoms with van der Waals surface area (Å²) in [5.41, 5.74) is 6.24. The lowest BCUT2D eigenvalue weighted by Crippen LogP contribution is -2.18. The molecule has 4 aromatic rings. The van der Waals surface area contributed by atoms with E-state index in [1.807, 2.05) is 54.6 Å². The van der Waals surface area contributed by atoms with Crippen LogP contribution in [0.3, 0.4) is 0 Å². The third kappa shape index (κ3) is 5.01. The molecule has 0 aliphatic heterocycles. The van der Waals surface area contributed by atoms with Gasteiger partial charge in [0.2, 0.25) is 0 Å². The first-order valence-corrected chi connectivity index (χ1v) is 10.7. The highest BCUT2D eigenvalue weighted by atomic mass is 79.9. The number of benzene rings is 4. The molecule has 0 bridgehead atoms. The summed E-state index contributed by atoms with van der Waals surface area (Å²) in [6.45, 7) is 2.51. The fourth-order valence-corrected chi connectivity index (χ4v) is 3.71. The molecule has 4 rings (SSSR count). The van der Waals surface area contributed by atoms with Gasteiger partial charge in [0.05, 0.1) is 11.8 Å². The van der Waals surface area contributed by atoms with Gasteiger partial charge in [0.15, 0.2) is 0 Å². The molecule has 0 aromatic heterocycles. The van der Waals surface area contributed by atoms with Gasteiger partial charge in [-0.15, -0.1) is 0 Å². The predicted molar refractivity (Wildman–Crippen MR) is 129 cm³/mol. The number of rotatable bonds is 6. The van der Waals surface area contributed by atoms with E-state index in [1.54, 1.807) is 12.3 Å². The zero-order chi connectivity index (χ0) is 21.6. The molecular formula is C26H21BrN2O2. The quantitative estimate of drug-likeness (QED) is 0.266. The van der Waals surface area contributed by atoms with Gasteiger partial charge in [0, 0.05) is 10.0 Å². The van der Waals surface area contributed by atoms with Crippen LogP contribution < -0.4 is 10.2 Å². The van der Waals surface area contributed by atoms with E-state index in [0.717, 1.165) is 26.4 Å². The van der Waals surface area contributed by atoms with Crippen molar-refractivity contribution in [1.29, 1.82) is 0 Å². The number of nitrogens with zero attached hydrogens (tertiary/aromatic N) is 1. The highest BCUT2D eigenvalue weighted by Crippen LogP contribution is 2.27. The van der Waals surface area contributed by atoms with Crippen molar-refractivity contribution >= 4 is 38.8 Å². The number of carbonyl (C=O) groups excluding carboxylic acids is 1. The Bertz CT molecular complexity index is 1250. The van der Waals surface area contributed by atoms with Crippen molar-refractivity contribution in [3.8, 4) is 5.75 Å². The minimum atomic E-state index is -0.286. The Morgan fingerprint density at radius 1 is 0.968 bits per heavy atom. The smallest absolute Gasteiger partial charge is 0.272 e. The van der Waals surface area contributed by atoms with E-state index in [2.05, 4.69) is 57.6 Å². The molecule has 31 heavy (non-hydrogen) atoms. The van der Waals surface area contributed by atoms with Crippen molar-refractivity contribution in [2.24, 2.45) is 5.10 Å². The van der Waals surface area contributed by atoms with Crippen LogP contribution in [0.4, 0.5) is 0 Å². The number of hydrazone groups is 1. The molecule has 4 aromatic carbocycles. The van der Waals surface area contributed by atoms with Crippen LogP contribution in [-0.4, -0.2) is 12.1 Å². The maximum atomic E-state index is 12.5. The van der Waals surface area contributed by atoms with Gasteiger partial charge in [-0.3, -0.25) is 4.79 Å². The zero-order valence-corrected chi connectivity index (χ0v) is 18.6. The summed E-state index contributed by atoms with van der Waals surface area (Å²) in [5, 5.41) is 6.29. The third-order valence-corrected chi connectivity index (χ3v) is 5.62. The van der Waals surface area contributed by atoms with E-state index in [9.17, 15) is 4.79 Å². The molecular weight excluding hydrogens is 452 g/mol. The van der Waals surface area contributed by atoms with Crippen LogP contribution in [0.15, 0.2) is 94.5 Å². The number of halogens is 1. The standard InChI is InChI=1S/C26H21BrN2O2/c1-18-10-12-19(13-11-18)17-31-25-15-14-20-6-2-3-7-21(20)23(25)16-28-29-26(30)22-8-4-5-9-24(22)27/h2-16H,17H2,1H3,(H,29,30)/b28-16+. The SMILES string of the molecule is Cc1ccc(COc2ccc3ccccc3c2/C=N/NC(=O)c2ccccc2Br)cc1. The van der Waals surface area contributed by atoms with Crippen LogP contribution in [0.25, 0.3) is 10.8 Å². The number of hydrogen-bond acceptors (Lipinski definition) is 3. The van der Waals surface area contributed by atoms with E-state index in [4.69, 9.17) is 4.74 Å². The van der Waals surface area contributed by atoms with Crippen molar-refractivity contribution in [2.45, 2.75) is 13.5 Å². The summed E-state index contributed by atoms with van der Waals surface area (Å²) in [4.78, 5) is 12.5. The van der Waals surface area contributed by atoms with Crippen LogP contribution in [0.1, 0.15) is 27.0 Å². The van der Waals surface area contributed by atoms with E-state index >= 15 is 0 Å².